The quantitative estimate of drug-likeness (QED) is 0.841. The number of ether oxygens (including phenoxy) is 1. The van der Waals surface area contributed by atoms with Gasteiger partial charge in [0.2, 0.25) is 5.88 Å². The first kappa shape index (κ1) is 14.6. The van der Waals surface area contributed by atoms with Gasteiger partial charge in [0.1, 0.15) is 5.56 Å². The molecule has 0 spiro atoms. The minimum atomic E-state index is -4.51. The van der Waals surface area contributed by atoms with Crippen LogP contribution in [0.1, 0.15) is 30.4 Å². The molecule has 114 valence electrons. The molecule has 0 aliphatic carbocycles. The number of methoxy groups -OCH3 is 1. The van der Waals surface area contributed by atoms with Crippen LogP contribution in [0.5, 0.6) is 5.88 Å². The smallest absolute Gasteiger partial charge is 0.421 e. The summed E-state index contributed by atoms with van der Waals surface area (Å²) >= 11 is 0. The van der Waals surface area contributed by atoms with Crippen molar-refractivity contribution >= 4 is 16.4 Å². The fourth-order valence-electron chi connectivity index (χ4n) is 2.91. The summed E-state index contributed by atoms with van der Waals surface area (Å²) in [7, 11) is 0.282. The van der Waals surface area contributed by atoms with Gasteiger partial charge in [-0.3, -0.25) is 4.21 Å². The van der Waals surface area contributed by atoms with E-state index in [4.69, 9.17) is 0 Å². The second-order valence-electron chi connectivity index (χ2n) is 5.24. The molecule has 2 aliphatic heterocycles. The molecule has 0 radical (unpaired) electrons. The molecule has 1 fully saturated rings. The lowest BCUT2D eigenvalue weighted by Gasteiger charge is -2.20. The van der Waals surface area contributed by atoms with Gasteiger partial charge >= 0.3 is 6.18 Å². The monoisotopic (exact) mass is 317 g/mol. The molecule has 0 N–H and O–H groups in total. The van der Waals surface area contributed by atoms with Crippen LogP contribution in [-0.4, -0.2) is 26.8 Å². The van der Waals surface area contributed by atoms with Crippen LogP contribution in [-0.2, 0) is 17.0 Å². The van der Waals surface area contributed by atoms with Gasteiger partial charge in [-0.25, -0.2) is 4.98 Å². The minimum absolute atomic E-state index is 0.0322. The van der Waals surface area contributed by atoms with Crippen LogP contribution in [0.4, 0.5) is 13.2 Å². The SMILES string of the molecule is COc1ncc(C2=CC3CCC(C2)S3=O)cc1C(F)(F)F. The topological polar surface area (TPSA) is 39.2 Å². The van der Waals surface area contributed by atoms with Gasteiger partial charge < -0.3 is 4.74 Å². The summed E-state index contributed by atoms with van der Waals surface area (Å²) in [6.45, 7) is 0. The zero-order chi connectivity index (χ0) is 15.2. The molecule has 21 heavy (non-hydrogen) atoms. The lowest BCUT2D eigenvalue weighted by atomic mass is 10.0. The number of allylic oxidation sites excluding steroid dienone is 1. The van der Waals surface area contributed by atoms with Crippen molar-refractivity contribution in [3.8, 4) is 5.88 Å². The second kappa shape index (κ2) is 5.12. The standard InChI is InChI=1S/C14H14F3NO2S/c1-20-13-12(14(15,16)17)6-9(7-18-13)8-4-10-2-3-11(5-8)21(10)19/h4,6-7,10-11H,2-3,5H2,1H3. The third-order valence-corrected chi connectivity index (χ3v) is 5.98. The zero-order valence-corrected chi connectivity index (χ0v) is 12.1. The highest BCUT2D eigenvalue weighted by molar-refractivity contribution is 7.86. The van der Waals surface area contributed by atoms with E-state index in [0.717, 1.165) is 24.5 Å². The van der Waals surface area contributed by atoms with Crippen molar-refractivity contribution in [2.45, 2.75) is 35.9 Å². The average molecular weight is 317 g/mol. The van der Waals surface area contributed by atoms with Crippen molar-refractivity contribution in [3.63, 3.8) is 0 Å². The van der Waals surface area contributed by atoms with Crippen LogP contribution >= 0.6 is 0 Å². The summed E-state index contributed by atoms with van der Waals surface area (Å²) in [5, 5.41) is 0.0293. The molecule has 3 heterocycles. The molecule has 3 rings (SSSR count). The van der Waals surface area contributed by atoms with E-state index in [9.17, 15) is 17.4 Å². The molecule has 2 bridgehead atoms. The van der Waals surface area contributed by atoms with E-state index in [0.29, 0.717) is 12.0 Å². The molecule has 1 aromatic rings. The molecule has 0 aromatic carbocycles. The normalized spacial score (nSPS) is 28.4. The van der Waals surface area contributed by atoms with Gasteiger partial charge in [-0.1, -0.05) is 6.08 Å². The number of halogens is 3. The van der Waals surface area contributed by atoms with Gasteiger partial charge in [0.05, 0.1) is 12.4 Å². The highest BCUT2D eigenvalue weighted by atomic mass is 32.2. The third-order valence-electron chi connectivity index (χ3n) is 3.96. The Hall–Kier alpha value is -1.37. The highest BCUT2D eigenvalue weighted by Gasteiger charge is 2.38. The number of nitrogens with zero attached hydrogens (tertiary/aromatic N) is 1. The first-order valence-electron chi connectivity index (χ1n) is 6.62. The summed E-state index contributed by atoms with van der Waals surface area (Å²) in [6, 6.07) is 1.07. The van der Waals surface area contributed by atoms with Crippen molar-refractivity contribution in [2.75, 3.05) is 7.11 Å². The molecular formula is C14H14F3NO2S. The molecule has 7 heteroatoms. The molecule has 0 amide bonds. The fraction of sp³-hybridized carbons (Fsp3) is 0.500. The van der Waals surface area contributed by atoms with Crippen LogP contribution in [0.15, 0.2) is 18.3 Å². The summed E-state index contributed by atoms with van der Waals surface area (Å²) in [4.78, 5) is 3.77. The van der Waals surface area contributed by atoms with Gasteiger partial charge in [0.25, 0.3) is 0 Å². The average Bonchev–Trinajstić information content (AvgIpc) is 2.66. The van der Waals surface area contributed by atoms with Crippen LogP contribution in [0.3, 0.4) is 0 Å². The van der Waals surface area contributed by atoms with E-state index in [1.54, 1.807) is 0 Å². The number of alkyl halides is 3. The molecule has 1 saturated heterocycles. The van der Waals surface area contributed by atoms with Crippen LogP contribution in [0.25, 0.3) is 5.57 Å². The summed E-state index contributed by atoms with van der Waals surface area (Å²) in [5.74, 6) is -0.422. The molecule has 0 saturated carbocycles. The molecule has 3 nitrogen and oxygen atoms in total. The fourth-order valence-corrected chi connectivity index (χ4v) is 4.78. The first-order chi connectivity index (χ1) is 9.90. The number of hydrogen-bond donors (Lipinski definition) is 0. The molecular weight excluding hydrogens is 303 g/mol. The Balaban J connectivity index is 2.01. The van der Waals surface area contributed by atoms with Gasteiger partial charge in [0.15, 0.2) is 0 Å². The molecule has 1 aromatic heterocycles. The van der Waals surface area contributed by atoms with E-state index in [2.05, 4.69) is 9.72 Å². The van der Waals surface area contributed by atoms with Gasteiger partial charge in [-0.15, -0.1) is 0 Å². The Labute approximate surface area is 122 Å². The Morgan fingerprint density at radius 3 is 2.76 bits per heavy atom. The maximum atomic E-state index is 13.0. The minimum Gasteiger partial charge on any atom is -0.481 e. The van der Waals surface area contributed by atoms with Gasteiger partial charge in [-0.05, 0) is 36.5 Å². The number of hydrogen-bond acceptors (Lipinski definition) is 3. The van der Waals surface area contributed by atoms with E-state index >= 15 is 0 Å². The molecule has 3 unspecified atom stereocenters. The van der Waals surface area contributed by atoms with Crippen molar-refractivity contribution in [2.24, 2.45) is 0 Å². The van der Waals surface area contributed by atoms with Crippen LogP contribution in [0, 0.1) is 0 Å². The number of fused-ring (bicyclic) bond motifs is 2. The summed E-state index contributed by atoms with van der Waals surface area (Å²) in [6.07, 6.45) is 1.00. The maximum absolute atomic E-state index is 13.0. The summed E-state index contributed by atoms with van der Waals surface area (Å²) < 4.78 is 55.7. The van der Waals surface area contributed by atoms with Crippen molar-refractivity contribution < 1.29 is 22.1 Å². The number of aromatic nitrogens is 1. The third kappa shape index (κ3) is 2.59. The first-order valence-corrected chi connectivity index (χ1v) is 7.89. The van der Waals surface area contributed by atoms with E-state index < -0.39 is 28.4 Å². The predicted molar refractivity (Wildman–Crippen MR) is 73.3 cm³/mol. The van der Waals surface area contributed by atoms with Gasteiger partial charge in [-0.2, -0.15) is 13.2 Å². The van der Waals surface area contributed by atoms with Crippen molar-refractivity contribution in [1.82, 2.24) is 4.98 Å². The largest absolute Gasteiger partial charge is 0.481 e. The lowest BCUT2D eigenvalue weighted by Crippen LogP contribution is -2.20. The Bertz CT molecular complexity index is 627. The van der Waals surface area contributed by atoms with Crippen LogP contribution in [0.2, 0.25) is 0 Å². The van der Waals surface area contributed by atoms with Crippen molar-refractivity contribution in [1.29, 1.82) is 0 Å². The lowest BCUT2D eigenvalue weighted by molar-refractivity contribution is -0.139. The number of pyridine rings is 1. The zero-order valence-electron chi connectivity index (χ0n) is 11.3. The predicted octanol–water partition coefficient (Wildman–Crippen LogP) is 3.18. The van der Waals surface area contributed by atoms with E-state index in [-0.39, 0.29) is 10.5 Å². The highest BCUT2D eigenvalue weighted by Crippen LogP contribution is 2.41. The van der Waals surface area contributed by atoms with Crippen molar-refractivity contribution in [3.05, 3.63) is 29.5 Å². The molecule has 2 aliphatic rings. The summed E-state index contributed by atoms with van der Waals surface area (Å²) in [5.41, 5.74) is 0.377. The number of rotatable bonds is 2. The van der Waals surface area contributed by atoms with Gasteiger partial charge in [0, 0.05) is 22.2 Å². The Morgan fingerprint density at radius 2 is 2.14 bits per heavy atom. The Kier molecular flexibility index (Phi) is 3.55. The van der Waals surface area contributed by atoms with E-state index in [1.165, 1.54) is 13.3 Å². The molecule has 3 atom stereocenters. The van der Waals surface area contributed by atoms with Crippen LogP contribution < -0.4 is 4.74 Å². The van der Waals surface area contributed by atoms with E-state index in [1.807, 2.05) is 6.08 Å². The Morgan fingerprint density at radius 1 is 1.38 bits per heavy atom. The second-order valence-corrected chi connectivity index (χ2v) is 7.17. The maximum Gasteiger partial charge on any atom is 0.421 e.